The summed E-state index contributed by atoms with van der Waals surface area (Å²) in [6.45, 7) is 1.01. The number of aromatic amines is 1. The highest BCUT2D eigenvalue weighted by molar-refractivity contribution is 5.04. The SMILES string of the molecule is Cc1cn(C2O[C@H](CO)[C@@H](N=[N+]=[N-])[C@H]2O)c(=O)[nH]c1=O. The van der Waals surface area contributed by atoms with E-state index in [4.69, 9.17) is 15.4 Å². The molecule has 0 spiro atoms. The Morgan fingerprint density at radius 2 is 2.30 bits per heavy atom. The zero-order chi connectivity index (χ0) is 14.9. The van der Waals surface area contributed by atoms with Crippen LogP contribution in [0.4, 0.5) is 0 Å². The third kappa shape index (κ3) is 2.32. The minimum absolute atomic E-state index is 0.258. The van der Waals surface area contributed by atoms with Gasteiger partial charge >= 0.3 is 5.69 Å². The van der Waals surface area contributed by atoms with Crippen LogP contribution in [-0.2, 0) is 4.74 Å². The maximum absolute atomic E-state index is 11.7. The van der Waals surface area contributed by atoms with Gasteiger partial charge in [-0.2, -0.15) is 0 Å². The van der Waals surface area contributed by atoms with Gasteiger partial charge in [-0.3, -0.25) is 14.3 Å². The zero-order valence-corrected chi connectivity index (χ0v) is 10.5. The number of hydrogen-bond acceptors (Lipinski definition) is 6. The Balaban J connectivity index is 2.44. The lowest BCUT2D eigenvalue weighted by Gasteiger charge is -2.17. The minimum atomic E-state index is -1.31. The lowest BCUT2D eigenvalue weighted by atomic mass is 10.1. The number of hydrogen-bond donors (Lipinski definition) is 3. The van der Waals surface area contributed by atoms with E-state index in [0.717, 1.165) is 4.57 Å². The molecule has 2 heterocycles. The molecular formula is C10H13N5O5. The number of H-pyrrole nitrogens is 1. The summed E-state index contributed by atoms with van der Waals surface area (Å²) in [4.78, 5) is 27.7. The normalized spacial score (nSPS) is 29.1. The second-order valence-corrected chi connectivity index (χ2v) is 4.41. The molecule has 0 radical (unpaired) electrons. The molecule has 0 aliphatic carbocycles. The summed E-state index contributed by atoms with van der Waals surface area (Å²) in [5.74, 6) is 0. The average molecular weight is 283 g/mol. The number of rotatable bonds is 3. The Morgan fingerprint density at radius 1 is 1.60 bits per heavy atom. The molecular weight excluding hydrogens is 270 g/mol. The van der Waals surface area contributed by atoms with Crippen molar-refractivity contribution in [2.75, 3.05) is 6.61 Å². The first-order valence-electron chi connectivity index (χ1n) is 5.80. The molecule has 0 saturated carbocycles. The summed E-state index contributed by atoms with van der Waals surface area (Å²) >= 11 is 0. The fourth-order valence-electron chi connectivity index (χ4n) is 2.09. The van der Waals surface area contributed by atoms with Crippen LogP contribution < -0.4 is 11.2 Å². The summed E-state index contributed by atoms with van der Waals surface area (Å²) in [5.41, 5.74) is 7.40. The fourth-order valence-corrected chi connectivity index (χ4v) is 2.09. The predicted molar refractivity (Wildman–Crippen MR) is 66.0 cm³/mol. The quantitative estimate of drug-likeness (QED) is 0.360. The highest BCUT2D eigenvalue weighted by atomic mass is 16.5. The summed E-state index contributed by atoms with van der Waals surface area (Å²) in [5, 5.41) is 22.6. The molecule has 10 heteroatoms. The Hall–Kier alpha value is -2.13. The van der Waals surface area contributed by atoms with Crippen LogP contribution in [-0.4, -0.2) is 44.6 Å². The molecule has 1 saturated heterocycles. The van der Waals surface area contributed by atoms with E-state index in [1.54, 1.807) is 0 Å². The molecule has 10 nitrogen and oxygen atoms in total. The van der Waals surface area contributed by atoms with E-state index in [2.05, 4.69) is 15.0 Å². The maximum atomic E-state index is 11.7. The number of nitrogens with zero attached hydrogens (tertiary/aromatic N) is 4. The molecule has 1 aliphatic rings. The Labute approximate surface area is 111 Å². The van der Waals surface area contributed by atoms with Crippen molar-refractivity contribution < 1.29 is 14.9 Å². The zero-order valence-electron chi connectivity index (χ0n) is 10.5. The molecule has 4 atom stereocenters. The van der Waals surface area contributed by atoms with E-state index in [9.17, 15) is 14.7 Å². The van der Waals surface area contributed by atoms with Crippen molar-refractivity contribution in [3.8, 4) is 0 Å². The largest absolute Gasteiger partial charge is 0.394 e. The van der Waals surface area contributed by atoms with Crippen LogP contribution in [0.25, 0.3) is 10.4 Å². The Morgan fingerprint density at radius 3 is 2.90 bits per heavy atom. The van der Waals surface area contributed by atoms with Crippen molar-refractivity contribution in [1.29, 1.82) is 0 Å². The summed E-state index contributed by atoms with van der Waals surface area (Å²) in [6.07, 6.45) is -2.15. The number of nitrogens with one attached hydrogen (secondary N) is 1. The number of aromatic nitrogens is 2. The van der Waals surface area contributed by atoms with Gasteiger partial charge in [-0.15, -0.1) is 0 Å². The van der Waals surface area contributed by atoms with E-state index < -0.39 is 42.3 Å². The molecule has 108 valence electrons. The van der Waals surface area contributed by atoms with Gasteiger partial charge in [-0.05, 0) is 12.5 Å². The molecule has 3 N–H and O–H groups in total. The third-order valence-corrected chi connectivity index (χ3v) is 3.12. The minimum Gasteiger partial charge on any atom is -0.394 e. The standard InChI is InChI=1S/C10H13N5O5/c1-4-2-15(10(19)12-8(4)18)9-7(17)6(13-14-11)5(3-16)20-9/h2,5-7,9,16-17H,3H2,1H3,(H,12,18,19)/t5-,6-,7-,9?/m1/s1. The van der Waals surface area contributed by atoms with Gasteiger partial charge in [0.2, 0.25) is 0 Å². The lowest BCUT2D eigenvalue weighted by Crippen LogP contribution is -2.38. The highest BCUT2D eigenvalue weighted by Crippen LogP contribution is 2.30. The number of aliphatic hydroxyl groups is 2. The second kappa shape index (κ2) is 5.47. The van der Waals surface area contributed by atoms with Crippen LogP contribution >= 0.6 is 0 Å². The van der Waals surface area contributed by atoms with Crippen molar-refractivity contribution in [3.05, 3.63) is 43.0 Å². The fraction of sp³-hybridized carbons (Fsp3) is 0.600. The first-order chi connectivity index (χ1) is 9.49. The van der Waals surface area contributed by atoms with Crippen LogP contribution in [0.1, 0.15) is 11.8 Å². The van der Waals surface area contributed by atoms with Crippen LogP contribution in [0.3, 0.4) is 0 Å². The van der Waals surface area contributed by atoms with Gasteiger partial charge in [-0.1, -0.05) is 5.11 Å². The van der Waals surface area contributed by atoms with E-state index in [0.29, 0.717) is 0 Å². The first-order valence-corrected chi connectivity index (χ1v) is 5.80. The number of aryl methyl sites for hydroxylation is 1. The Bertz CT molecular complexity index is 661. The van der Waals surface area contributed by atoms with Gasteiger partial charge in [0.15, 0.2) is 6.23 Å². The van der Waals surface area contributed by atoms with E-state index >= 15 is 0 Å². The van der Waals surface area contributed by atoms with Crippen molar-refractivity contribution in [2.24, 2.45) is 5.11 Å². The van der Waals surface area contributed by atoms with Gasteiger partial charge in [-0.25, -0.2) is 4.79 Å². The summed E-state index contributed by atoms with van der Waals surface area (Å²) < 4.78 is 6.32. The van der Waals surface area contributed by atoms with Gasteiger partial charge < -0.3 is 14.9 Å². The number of azide groups is 1. The molecule has 1 fully saturated rings. The molecule has 1 aliphatic heterocycles. The molecule has 0 amide bonds. The van der Waals surface area contributed by atoms with Gasteiger partial charge in [0.25, 0.3) is 5.56 Å². The molecule has 2 rings (SSSR count). The smallest absolute Gasteiger partial charge is 0.330 e. The van der Waals surface area contributed by atoms with Crippen LogP contribution in [0.2, 0.25) is 0 Å². The van der Waals surface area contributed by atoms with Crippen LogP contribution in [0, 0.1) is 6.92 Å². The lowest BCUT2D eigenvalue weighted by molar-refractivity contribution is -0.0532. The number of aliphatic hydroxyl groups excluding tert-OH is 2. The van der Waals surface area contributed by atoms with E-state index in [1.807, 2.05) is 0 Å². The second-order valence-electron chi connectivity index (χ2n) is 4.41. The molecule has 0 aromatic carbocycles. The van der Waals surface area contributed by atoms with Crippen molar-refractivity contribution in [3.63, 3.8) is 0 Å². The van der Waals surface area contributed by atoms with E-state index in [-0.39, 0.29) is 5.56 Å². The first kappa shape index (κ1) is 14.3. The monoisotopic (exact) mass is 283 g/mol. The average Bonchev–Trinajstić information content (AvgIpc) is 2.72. The van der Waals surface area contributed by atoms with Gasteiger partial charge in [0.1, 0.15) is 6.10 Å². The molecule has 20 heavy (non-hydrogen) atoms. The molecule has 1 aromatic heterocycles. The third-order valence-electron chi connectivity index (χ3n) is 3.12. The topological polar surface area (TPSA) is 153 Å². The molecule has 0 bridgehead atoms. The van der Waals surface area contributed by atoms with Crippen LogP contribution in [0.5, 0.6) is 0 Å². The predicted octanol–water partition coefficient (Wildman–Crippen LogP) is -1.23. The van der Waals surface area contributed by atoms with Crippen molar-refractivity contribution in [1.82, 2.24) is 9.55 Å². The van der Waals surface area contributed by atoms with Crippen LogP contribution in [0.15, 0.2) is 20.9 Å². The van der Waals surface area contributed by atoms with E-state index in [1.165, 1.54) is 13.1 Å². The van der Waals surface area contributed by atoms with Gasteiger partial charge in [0.05, 0.1) is 18.8 Å². The maximum Gasteiger partial charge on any atom is 0.330 e. The Kier molecular flexibility index (Phi) is 3.91. The van der Waals surface area contributed by atoms with Gasteiger partial charge in [0, 0.05) is 16.7 Å². The highest BCUT2D eigenvalue weighted by Gasteiger charge is 2.44. The summed E-state index contributed by atoms with van der Waals surface area (Å²) in [7, 11) is 0. The van der Waals surface area contributed by atoms with Crippen molar-refractivity contribution >= 4 is 0 Å². The molecule has 1 unspecified atom stereocenters. The summed E-state index contributed by atoms with van der Waals surface area (Å²) in [6, 6.07) is -1.02. The number of ether oxygens (including phenoxy) is 1. The van der Waals surface area contributed by atoms with Crippen molar-refractivity contribution in [2.45, 2.75) is 31.4 Å². The molecule has 1 aromatic rings.